The van der Waals surface area contributed by atoms with E-state index in [0.717, 1.165) is 28.2 Å². The first-order valence-corrected chi connectivity index (χ1v) is 15.8. The molecule has 2 radical (unpaired) electrons. The predicted molar refractivity (Wildman–Crippen MR) is 195 cm³/mol. The summed E-state index contributed by atoms with van der Waals surface area (Å²) in [4.78, 5) is 4.87. The molecule has 0 fully saturated rings. The lowest BCUT2D eigenvalue weighted by molar-refractivity contribution is 1.24. The topological polar surface area (TPSA) is 6.48 Å². The SMILES string of the molecule is [B]c1cc2c3c(c1)N(c1ccc(C)cc1-c1ccc(C)cc1)c1ccc(C)cc1B3c1cc(C)ccc1N2c1ccc(C)cc1. The Morgan fingerprint density at radius 1 is 0.444 bits per heavy atom. The second kappa shape index (κ2) is 10.3. The lowest BCUT2D eigenvalue weighted by Gasteiger charge is -2.45. The number of anilines is 6. The van der Waals surface area contributed by atoms with Gasteiger partial charge in [0.05, 0.1) is 5.69 Å². The Morgan fingerprint density at radius 2 is 0.911 bits per heavy atom. The average Bonchev–Trinajstić information content (AvgIpc) is 3.02. The van der Waals surface area contributed by atoms with Gasteiger partial charge in [0.25, 0.3) is 6.71 Å². The first kappa shape index (κ1) is 27.6. The molecule has 214 valence electrons. The Labute approximate surface area is 268 Å². The highest BCUT2D eigenvalue weighted by atomic mass is 15.2. The van der Waals surface area contributed by atoms with Crippen molar-refractivity contribution in [2.24, 2.45) is 0 Å². The van der Waals surface area contributed by atoms with Crippen molar-refractivity contribution in [3.05, 3.63) is 143 Å². The Balaban J connectivity index is 1.47. The van der Waals surface area contributed by atoms with Gasteiger partial charge >= 0.3 is 0 Å². The molecule has 6 aromatic rings. The minimum absolute atomic E-state index is 0.0756. The number of fused-ring (bicyclic) bond motifs is 4. The van der Waals surface area contributed by atoms with Crippen LogP contribution >= 0.6 is 0 Å². The standard InChI is InChI=1S/C41H34B2N2/c1-25-6-13-30(14-7-25)33-20-27(3)10-17-36(33)45-38-19-12-29(5)22-35(38)43-34-21-28(4)11-18-37(34)44(32-15-8-26(2)9-16-32)39-23-31(42)24-40(45)41(39)43/h6-24H,1-5H3. The van der Waals surface area contributed by atoms with Crippen LogP contribution in [0.1, 0.15) is 27.8 Å². The molecular formula is C41H34B2N2. The van der Waals surface area contributed by atoms with Gasteiger partial charge in [-0.2, -0.15) is 0 Å². The molecule has 0 amide bonds. The summed E-state index contributed by atoms with van der Waals surface area (Å²) < 4.78 is 0. The molecule has 0 saturated carbocycles. The van der Waals surface area contributed by atoms with Gasteiger partial charge in [0.15, 0.2) is 0 Å². The summed E-state index contributed by atoms with van der Waals surface area (Å²) in [5.74, 6) is 0. The maximum absolute atomic E-state index is 6.86. The zero-order valence-corrected chi connectivity index (χ0v) is 26.5. The molecule has 2 aliphatic rings. The summed E-state index contributed by atoms with van der Waals surface area (Å²) in [5.41, 5.74) is 20.3. The van der Waals surface area contributed by atoms with E-state index in [2.05, 4.69) is 160 Å². The Morgan fingerprint density at radius 3 is 1.51 bits per heavy atom. The number of aryl methyl sites for hydroxylation is 5. The molecule has 0 bridgehead atoms. The van der Waals surface area contributed by atoms with E-state index >= 15 is 0 Å². The average molecular weight is 576 g/mol. The summed E-state index contributed by atoms with van der Waals surface area (Å²) in [6.45, 7) is 10.9. The Kier molecular flexibility index (Phi) is 6.32. The van der Waals surface area contributed by atoms with E-state index in [4.69, 9.17) is 7.85 Å². The van der Waals surface area contributed by atoms with Crippen molar-refractivity contribution in [1.29, 1.82) is 0 Å². The second-order valence-electron chi connectivity index (χ2n) is 12.9. The highest BCUT2D eigenvalue weighted by molar-refractivity contribution is 7.00. The maximum Gasteiger partial charge on any atom is 0.252 e. The van der Waals surface area contributed by atoms with Crippen LogP contribution in [-0.2, 0) is 0 Å². The zero-order valence-electron chi connectivity index (χ0n) is 26.5. The Bertz CT molecular complexity index is 2130. The largest absolute Gasteiger partial charge is 0.311 e. The predicted octanol–water partition coefficient (Wildman–Crippen LogP) is 7.77. The van der Waals surface area contributed by atoms with Gasteiger partial charge in [-0.15, -0.1) is 0 Å². The van der Waals surface area contributed by atoms with E-state index in [9.17, 15) is 0 Å². The highest BCUT2D eigenvalue weighted by Crippen LogP contribution is 2.46. The van der Waals surface area contributed by atoms with E-state index in [1.807, 2.05) is 0 Å². The lowest BCUT2D eigenvalue weighted by Crippen LogP contribution is -2.61. The summed E-state index contributed by atoms with van der Waals surface area (Å²) in [6, 6.07) is 42.7. The molecule has 0 atom stereocenters. The zero-order chi connectivity index (χ0) is 31.0. The third kappa shape index (κ3) is 4.43. The van der Waals surface area contributed by atoms with Crippen LogP contribution in [-0.4, -0.2) is 14.6 Å². The first-order chi connectivity index (χ1) is 21.8. The number of nitrogens with zero attached hydrogens (tertiary/aromatic N) is 2. The van der Waals surface area contributed by atoms with Gasteiger partial charge in [0.2, 0.25) is 0 Å². The van der Waals surface area contributed by atoms with Crippen molar-refractivity contribution in [2.45, 2.75) is 34.6 Å². The summed E-state index contributed by atoms with van der Waals surface area (Å²) in [6.07, 6.45) is 0. The number of benzene rings is 6. The maximum atomic E-state index is 6.86. The summed E-state index contributed by atoms with van der Waals surface area (Å²) in [7, 11) is 6.86. The third-order valence-corrected chi connectivity index (χ3v) is 9.45. The molecule has 2 aliphatic heterocycles. The molecule has 4 heteroatoms. The number of hydrogen-bond donors (Lipinski definition) is 0. The molecule has 2 heterocycles. The molecule has 0 aliphatic carbocycles. The molecule has 0 N–H and O–H groups in total. The van der Waals surface area contributed by atoms with E-state index < -0.39 is 0 Å². The molecule has 6 aromatic carbocycles. The fraction of sp³-hybridized carbons (Fsp3) is 0.122. The normalized spacial score (nSPS) is 13.0. The molecule has 0 aromatic heterocycles. The fourth-order valence-corrected chi connectivity index (χ4v) is 7.31. The minimum atomic E-state index is 0.0756. The molecule has 0 unspecified atom stereocenters. The molecule has 0 spiro atoms. The highest BCUT2D eigenvalue weighted by Gasteiger charge is 2.43. The Hall–Kier alpha value is -4.95. The van der Waals surface area contributed by atoms with Gasteiger partial charge < -0.3 is 9.80 Å². The quantitative estimate of drug-likeness (QED) is 0.198. The molecule has 45 heavy (non-hydrogen) atoms. The van der Waals surface area contributed by atoms with Crippen molar-refractivity contribution in [1.82, 2.24) is 0 Å². The van der Waals surface area contributed by atoms with E-state index in [1.165, 1.54) is 66.7 Å². The van der Waals surface area contributed by atoms with Crippen LogP contribution in [0.5, 0.6) is 0 Å². The lowest BCUT2D eigenvalue weighted by atomic mass is 9.33. The van der Waals surface area contributed by atoms with Crippen molar-refractivity contribution < 1.29 is 0 Å². The van der Waals surface area contributed by atoms with Crippen LogP contribution in [0.4, 0.5) is 34.1 Å². The molecule has 2 nitrogen and oxygen atoms in total. The van der Waals surface area contributed by atoms with Crippen LogP contribution in [0.3, 0.4) is 0 Å². The van der Waals surface area contributed by atoms with Crippen LogP contribution in [0.25, 0.3) is 11.1 Å². The van der Waals surface area contributed by atoms with Crippen LogP contribution in [0.15, 0.2) is 115 Å². The van der Waals surface area contributed by atoms with Gasteiger partial charge in [0, 0.05) is 34.0 Å². The van der Waals surface area contributed by atoms with Gasteiger partial charge in [-0.1, -0.05) is 100 Å². The number of hydrogen-bond acceptors (Lipinski definition) is 2. The van der Waals surface area contributed by atoms with Crippen LogP contribution in [0, 0.1) is 34.6 Å². The van der Waals surface area contributed by atoms with Crippen LogP contribution < -0.4 is 31.7 Å². The molecule has 0 saturated heterocycles. The first-order valence-electron chi connectivity index (χ1n) is 15.8. The van der Waals surface area contributed by atoms with Gasteiger partial charge in [-0.25, -0.2) is 0 Å². The van der Waals surface area contributed by atoms with Gasteiger partial charge in [-0.3, -0.25) is 0 Å². The van der Waals surface area contributed by atoms with E-state index in [0.29, 0.717) is 0 Å². The fourth-order valence-electron chi connectivity index (χ4n) is 7.31. The van der Waals surface area contributed by atoms with E-state index in [1.54, 1.807) is 0 Å². The van der Waals surface area contributed by atoms with Crippen molar-refractivity contribution in [2.75, 3.05) is 9.80 Å². The second-order valence-corrected chi connectivity index (χ2v) is 12.9. The summed E-state index contributed by atoms with van der Waals surface area (Å²) >= 11 is 0. The van der Waals surface area contributed by atoms with Gasteiger partial charge in [0.1, 0.15) is 7.85 Å². The van der Waals surface area contributed by atoms with E-state index in [-0.39, 0.29) is 6.71 Å². The summed E-state index contributed by atoms with van der Waals surface area (Å²) in [5, 5.41) is 0. The van der Waals surface area contributed by atoms with Gasteiger partial charge in [-0.05, 0) is 105 Å². The van der Waals surface area contributed by atoms with Crippen molar-refractivity contribution in [3.63, 3.8) is 0 Å². The van der Waals surface area contributed by atoms with Crippen molar-refractivity contribution in [3.8, 4) is 11.1 Å². The monoisotopic (exact) mass is 576 g/mol. The van der Waals surface area contributed by atoms with Crippen molar-refractivity contribution >= 4 is 70.5 Å². The smallest absolute Gasteiger partial charge is 0.252 e. The number of rotatable bonds is 3. The third-order valence-electron chi connectivity index (χ3n) is 9.45. The minimum Gasteiger partial charge on any atom is -0.311 e. The molecular weight excluding hydrogens is 542 g/mol. The molecule has 8 rings (SSSR count). The van der Waals surface area contributed by atoms with Crippen LogP contribution in [0.2, 0.25) is 0 Å².